The van der Waals surface area contributed by atoms with E-state index in [0.29, 0.717) is 5.56 Å². The average Bonchev–Trinajstić information content (AvgIpc) is 3.18. The minimum absolute atomic E-state index is 0.0836. The number of nitrogens with zero attached hydrogens (tertiary/aromatic N) is 1. The molecule has 28 heavy (non-hydrogen) atoms. The van der Waals surface area contributed by atoms with E-state index >= 15 is 0 Å². The van der Waals surface area contributed by atoms with Gasteiger partial charge in [0.2, 0.25) is 5.69 Å². The van der Waals surface area contributed by atoms with Gasteiger partial charge in [-0.15, -0.1) is 0 Å². The van der Waals surface area contributed by atoms with E-state index in [2.05, 4.69) is 42.8 Å². The quantitative estimate of drug-likeness (QED) is 0.463. The largest absolute Gasteiger partial charge is 0.220 e. The van der Waals surface area contributed by atoms with Crippen LogP contribution in [-0.4, -0.2) is 0 Å². The van der Waals surface area contributed by atoms with Crippen molar-refractivity contribution in [3.63, 3.8) is 0 Å². The monoisotopic (exact) mass is 376 g/mol. The maximum atomic E-state index is 14.4. The van der Waals surface area contributed by atoms with Gasteiger partial charge in [0.25, 0.3) is 0 Å². The van der Waals surface area contributed by atoms with Gasteiger partial charge in [-0.3, -0.25) is 0 Å². The van der Waals surface area contributed by atoms with Crippen LogP contribution >= 0.6 is 0 Å². The molecule has 1 aliphatic carbocycles. The summed E-state index contributed by atoms with van der Waals surface area (Å²) in [6.45, 7) is 7.95. The number of aryl methyl sites for hydroxylation is 2. The number of pyridine rings is 1. The van der Waals surface area contributed by atoms with E-state index in [1.165, 1.54) is 59.8 Å². The summed E-state index contributed by atoms with van der Waals surface area (Å²) in [7, 11) is 2.12. The molecular weight excluding hydrogens is 345 g/mol. The van der Waals surface area contributed by atoms with E-state index in [-0.39, 0.29) is 5.82 Å². The van der Waals surface area contributed by atoms with Crippen LogP contribution in [0, 0.1) is 39.4 Å². The fourth-order valence-corrected chi connectivity index (χ4v) is 4.92. The number of fused-ring (bicyclic) bond motifs is 1. The number of halogens is 1. The summed E-state index contributed by atoms with van der Waals surface area (Å²) in [6.07, 6.45) is 6.72. The van der Waals surface area contributed by atoms with E-state index < -0.39 is 0 Å². The van der Waals surface area contributed by atoms with Crippen molar-refractivity contribution in [3.8, 4) is 11.3 Å². The van der Waals surface area contributed by atoms with Crippen LogP contribution in [0.1, 0.15) is 53.6 Å². The lowest BCUT2D eigenvalue weighted by molar-refractivity contribution is -0.665. The lowest BCUT2D eigenvalue weighted by atomic mass is 9.92. The first kappa shape index (κ1) is 19.1. The van der Waals surface area contributed by atoms with E-state index in [4.69, 9.17) is 0 Å². The summed E-state index contributed by atoms with van der Waals surface area (Å²) in [5.41, 5.74) is 7.48. The smallest absolute Gasteiger partial charge is 0.206 e. The molecule has 0 bridgehead atoms. The highest BCUT2D eigenvalue weighted by Crippen LogP contribution is 2.34. The fraction of sp³-hybridized carbons (Fsp3) is 0.423. The molecule has 0 N–H and O–H groups in total. The number of aromatic nitrogens is 1. The zero-order chi connectivity index (χ0) is 20.0. The fourth-order valence-electron chi connectivity index (χ4n) is 4.92. The number of hydrogen-bond acceptors (Lipinski definition) is 0. The molecule has 1 aliphatic rings. The van der Waals surface area contributed by atoms with Gasteiger partial charge >= 0.3 is 0 Å². The molecule has 4 rings (SSSR count). The van der Waals surface area contributed by atoms with Crippen molar-refractivity contribution in [2.75, 3.05) is 0 Å². The van der Waals surface area contributed by atoms with Crippen molar-refractivity contribution in [3.05, 3.63) is 64.1 Å². The van der Waals surface area contributed by atoms with Gasteiger partial charge in [-0.1, -0.05) is 37.8 Å². The molecule has 0 radical (unpaired) electrons. The molecule has 1 fully saturated rings. The molecular formula is C26H31FN+. The van der Waals surface area contributed by atoms with Gasteiger partial charge in [-0.2, -0.15) is 4.57 Å². The van der Waals surface area contributed by atoms with Gasteiger partial charge in [0.05, 0.1) is 10.9 Å². The highest BCUT2D eigenvalue weighted by Gasteiger charge is 2.23. The lowest BCUT2D eigenvalue weighted by Gasteiger charge is -2.15. The zero-order valence-corrected chi connectivity index (χ0v) is 17.8. The molecule has 3 aromatic rings. The molecule has 0 amide bonds. The summed E-state index contributed by atoms with van der Waals surface area (Å²) in [5.74, 6) is 0.766. The summed E-state index contributed by atoms with van der Waals surface area (Å²) in [4.78, 5) is 0. The second kappa shape index (κ2) is 7.31. The van der Waals surface area contributed by atoms with Crippen LogP contribution in [0.15, 0.2) is 30.3 Å². The molecule has 1 saturated carbocycles. The molecule has 1 aromatic heterocycles. The minimum Gasteiger partial charge on any atom is -0.206 e. The minimum atomic E-state index is -0.0836. The Bertz CT molecular complexity index is 1060. The Labute approximate surface area is 168 Å². The normalized spacial score (nSPS) is 14.9. The zero-order valence-electron chi connectivity index (χ0n) is 17.8. The first-order valence-electron chi connectivity index (χ1n) is 10.6. The Balaban J connectivity index is 1.90. The lowest BCUT2D eigenvalue weighted by Crippen LogP contribution is -2.35. The summed E-state index contributed by atoms with van der Waals surface area (Å²) >= 11 is 0. The van der Waals surface area contributed by atoms with Crippen LogP contribution in [0.4, 0.5) is 4.39 Å². The standard InChI is InChI=1S/C26H31FN/c1-16-12-24(18(3)19(4)25(16)27)26-23-11-10-21(14-20-8-6-7-9-20)15-22(23)13-17(2)28(26)5/h10-13,15,20H,6-9,14H2,1-5H3/q+1. The van der Waals surface area contributed by atoms with Crippen LogP contribution in [-0.2, 0) is 13.5 Å². The van der Waals surface area contributed by atoms with Gasteiger partial charge in [0.1, 0.15) is 12.9 Å². The molecule has 1 heterocycles. The molecule has 2 aromatic carbocycles. The van der Waals surface area contributed by atoms with Gasteiger partial charge in [-0.05, 0) is 72.9 Å². The molecule has 2 heteroatoms. The van der Waals surface area contributed by atoms with Gasteiger partial charge in [0.15, 0.2) is 5.69 Å². The van der Waals surface area contributed by atoms with E-state index in [9.17, 15) is 4.39 Å². The predicted octanol–water partition coefficient (Wildman–Crippen LogP) is 6.44. The average molecular weight is 377 g/mol. The van der Waals surface area contributed by atoms with Crippen molar-refractivity contribution >= 4 is 10.8 Å². The highest BCUT2D eigenvalue weighted by molar-refractivity contribution is 5.94. The Morgan fingerprint density at radius 2 is 1.68 bits per heavy atom. The second-order valence-electron chi connectivity index (χ2n) is 8.77. The SMILES string of the molecule is Cc1cc(-c2c3ccc(CC4CCCC4)cc3cc(C)[n+]2C)c(C)c(C)c1F. The van der Waals surface area contributed by atoms with Crippen molar-refractivity contribution in [1.29, 1.82) is 0 Å². The highest BCUT2D eigenvalue weighted by atomic mass is 19.1. The molecule has 146 valence electrons. The van der Waals surface area contributed by atoms with E-state index in [1.807, 2.05) is 26.8 Å². The summed E-state index contributed by atoms with van der Waals surface area (Å²) in [5, 5.41) is 2.54. The van der Waals surface area contributed by atoms with Gasteiger partial charge < -0.3 is 0 Å². The maximum Gasteiger partial charge on any atom is 0.220 e. The topological polar surface area (TPSA) is 3.88 Å². The van der Waals surface area contributed by atoms with Crippen molar-refractivity contribution in [2.45, 2.75) is 59.8 Å². The number of rotatable bonds is 3. The van der Waals surface area contributed by atoms with Crippen LogP contribution in [0.5, 0.6) is 0 Å². The first-order valence-corrected chi connectivity index (χ1v) is 10.6. The number of hydrogen-bond donors (Lipinski definition) is 0. The Hall–Kier alpha value is -2.22. The van der Waals surface area contributed by atoms with Crippen molar-refractivity contribution in [1.82, 2.24) is 0 Å². The second-order valence-corrected chi connectivity index (χ2v) is 8.77. The van der Waals surface area contributed by atoms with Crippen molar-refractivity contribution < 1.29 is 8.96 Å². The Morgan fingerprint density at radius 3 is 2.39 bits per heavy atom. The van der Waals surface area contributed by atoms with Gasteiger partial charge in [0, 0.05) is 13.0 Å². The van der Waals surface area contributed by atoms with E-state index in [0.717, 1.165) is 22.6 Å². The van der Waals surface area contributed by atoms with E-state index in [1.54, 1.807) is 0 Å². The first-order chi connectivity index (χ1) is 13.4. The molecule has 0 atom stereocenters. The predicted molar refractivity (Wildman–Crippen MR) is 115 cm³/mol. The van der Waals surface area contributed by atoms with Crippen LogP contribution in [0.3, 0.4) is 0 Å². The molecule has 1 nitrogen and oxygen atoms in total. The molecule has 0 aliphatic heterocycles. The molecule has 0 unspecified atom stereocenters. The van der Waals surface area contributed by atoms with Crippen LogP contribution in [0.2, 0.25) is 0 Å². The van der Waals surface area contributed by atoms with Crippen LogP contribution < -0.4 is 4.57 Å². The van der Waals surface area contributed by atoms with Crippen LogP contribution in [0.25, 0.3) is 22.0 Å². The summed E-state index contributed by atoms with van der Waals surface area (Å²) in [6, 6.07) is 11.3. The molecule has 0 saturated heterocycles. The third kappa shape index (κ3) is 3.23. The van der Waals surface area contributed by atoms with Crippen molar-refractivity contribution in [2.24, 2.45) is 13.0 Å². The number of benzene rings is 2. The van der Waals surface area contributed by atoms with Gasteiger partial charge in [-0.25, -0.2) is 4.39 Å². The Morgan fingerprint density at radius 1 is 0.964 bits per heavy atom. The third-order valence-corrected chi connectivity index (χ3v) is 6.86. The summed E-state index contributed by atoms with van der Waals surface area (Å²) < 4.78 is 16.7. The molecule has 0 spiro atoms. The Kier molecular flexibility index (Phi) is 4.99. The maximum absolute atomic E-state index is 14.4. The third-order valence-electron chi connectivity index (χ3n) is 6.86.